The fourth-order valence-corrected chi connectivity index (χ4v) is 2.86. The normalized spacial score (nSPS) is 11.4. The highest BCUT2D eigenvalue weighted by Gasteiger charge is 2.31. The van der Waals surface area contributed by atoms with Crippen LogP contribution in [-0.4, -0.2) is 59.7 Å². The Kier molecular flexibility index (Phi) is 7.81. The average molecular weight is 519 g/mol. The minimum absolute atomic E-state index is 0.0303. The molecule has 17 heteroatoms. The first kappa shape index (κ1) is 26.5. The molecule has 1 amide bonds. The monoisotopic (exact) mass is 519 g/mol. The zero-order valence-corrected chi connectivity index (χ0v) is 18.6. The van der Waals surface area contributed by atoms with Crippen molar-refractivity contribution in [3.8, 4) is 17.7 Å². The lowest BCUT2D eigenvalue weighted by Crippen LogP contribution is -2.27. The average Bonchev–Trinajstić information content (AvgIpc) is 3.14. The molecule has 0 aliphatic rings. The molecule has 3 aromatic heterocycles. The van der Waals surface area contributed by atoms with Crippen LogP contribution in [0, 0.1) is 11.6 Å². The summed E-state index contributed by atoms with van der Waals surface area (Å²) in [7, 11) is 0. The molecular formula is C19H18F5N7O5. The van der Waals surface area contributed by atoms with Gasteiger partial charge in [-0.1, -0.05) is 0 Å². The Morgan fingerprint density at radius 1 is 1.17 bits per heavy atom. The maximum absolute atomic E-state index is 15.0. The number of halogens is 5. The number of aliphatic hydroxyl groups excluding tert-OH is 1. The molecule has 12 nitrogen and oxygen atoms in total. The number of carbonyl (C=O) groups excluding carboxylic acids is 1. The van der Waals surface area contributed by atoms with Gasteiger partial charge in [-0.25, -0.2) is 18.6 Å². The van der Waals surface area contributed by atoms with E-state index in [0.29, 0.717) is 16.9 Å². The van der Waals surface area contributed by atoms with E-state index in [-0.39, 0.29) is 25.0 Å². The van der Waals surface area contributed by atoms with Gasteiger partial charge in [0.25, 0.3) is 5.91 Å². The number of rotatable bonds is 9. The summed E-state index contributed by atoms with van der Waals surface area (Å²) >= 11 is 0. The molecule has 3 aromatic rings. The van der Waals surface area contributed by atoms with Crippen LogP contribution in [0.4, 0.5) is 27.8 Å². The van der Waals surface area contributed by atoms with Gasteiger partial charge in [-0.3, -0.25) is 9.36 Å². The number of aliphatic hydroxyl groups is 1. The molecule has 0 saturated heterocycles. The van der Waals surface area contributed by atoms with Crippen molar-refractivity contribution in [3.63, 3.8) is 0 Å². The summed E-state index contributed by atoms with van der Waals surface area (Å²) in [5, 5.41) is 15.0. The molecule has 0 aliphatic carbocycles. The van der Waals surface area contributed by atoms with Gasteiger partial charge in [0.1, 0.15) is 12.2 Å². The van der Waals surface area contributed by atoms with E-state index in [1.54, 1.807) is 6.92 Å². The van der Waals surface area contributed by atoms with Crippen molar-refractivity contribution in [1.29, 1.82) is 0 Å². The summed E-state index contributed by atoms with van der Waals surface area (Å²) < 4.78 is 78.4. The Hall–Kier alpha value is -4.15. The molecule has 0 fully saturated rings. The summed E-state index contributed by atoms with van der Waals surface area (Å²) in [5.74, 6) is -6.64. The van der Waals surface area contributed by atoms with E-state index in [9.17, 15) is 36.6 Å². The summed E-state index contributed by atoms with van der Waals surface area (Å²) in [4.78, 5) is 36.0. The summed E-state index contributed by atoms with van der Waals surface area (Å²) in [6.07, 6.45) is -4.20. The Balaban J connectivity index is 2.08. The molecule has 0 aromatic carbocycles. The van der Waals surface area contributed by atoms with Crippen molar-refractivity contribution in [2.24, 2.45) is 0 Å². The Labute approximate surface area is 198 Å². The van der Waals surface area contributed by atoms with Gasteiger partial charge in [-0.15, -0.1) is 5.10 Å². The van der Waals surface area contributed by atoms with Gasteiger partial charge in [-0.05, 0) is 19.9 Å². The van der Waals surface area contributed by atoms with Crippen LogP contribution in [0.15, 0.2) is 17.1 Å². The van der Waals surface area contributed by atoms with Gasteiger partial charge < -0.3 is 19.9 Å². The smallest absolute Gasteiger partial charge is 0.422 e. The molecule has 0 spiro atoms. The number of amides is 1. The minimum Gasteiger partial charge on any atom is -0.467 e. The number of alkyl halides is 3. The molecule has 3 heterocycles. The van der Waals surface area contributed by atoms with E-state index < -0.39 is 65.7 Å². The van der Waals surface area contributed by atoms with Gasteiger partial charge in [0.05, 0.1) is 12.8 Å². The molecule has 0 unspecified atom stereocenters. The number of anilines is 1. The molecule has 3 rings (SSSR count). The lowest BCUT2D eigenvalue weighted by atomic mass is 10.2. The van der Waals surface area contributed by atoms with E-state index >= 15 is 0 Å². The third-order valence-corrected chi connectivity index (χ3v) is 4.36. The SMILES string of the molecule is CCOc1ncc(F)c(NC(=O)c2cc(F)c(-n3nc(CO)n(CC)c3=O)nc2OCC(F)(F)F)n1. The van der Waals surface area contributed by atoms with Crippen LogP contribution in [0.3, 0.4) is 0 Å². The fourth-order valence-electron chi connectivity index (χ4n) is 2.86. The van der Waals surface area contributed by atoms with Crippen molar-refractivity contribution < 1.29 is 41.3 Å². The largest absolute Gasteiger partial charge is 0.467 e. The minimum atomic E-state index is -4.88. The highest BCUT2D eigenvalue weighted by atomic mass is 19.4. The molecule has 0 atom stereocenters. The quantitative estimate of drug-likeness (QED) is 0.403. The van der Waals surface area contributed by atoms with Crippen LogP contribution in [0.5, 0.6) is 11.9 Å². The second-order valence-electron chi connectivity index (χ2n) is 6.80. The van der Waals surface area contributed by atoms with Gasteiger partial charge in [0.2, 0.25) is 5.88 Å². The van der Waals surface area contributed by atoms with Crippen LogP contribution in [-0.2, 0) is 13.2 Å². The number of nitrogens with zero attached hydrogens (tertiary/aromatic N) is 6. The topological polar surface area (TPSA) is 146 Å². The lowest BCUT2D eigenvalue weighted by molar-refractivity contribution is -0.154. The third kappa shape index (κ3) is 5.73. The van der Waals surface area contributed by atoms with E-state index in [0.717, 1.165) is 4.57 Å². The van der Waals surface area contributed by atoms with E-state index in [1.165, 1.54) is 6.92 Å². The zero-order valence-electron chi connectivity index (χ0n) is 18.6. The second kappa shape index (κ2) is 10.6. The van der Waals surface area contributed by atoms with Crippen molar-refractivity contribution in [2.45, 2.75) is 33.2 Å². The number of ether oxygens (including phenoxy) is 2. The molecule has 2 N–H and O–H groups in total. The summed E-state index contributed by atoms with van der Waals surface area (Å²) in [6.45, 7) is 0.624. The number of hydrogen-bond donors (Lipinski definition) is 2. The number of hydrogen-bond acceptors (Lipinski definition) is 9. The predicted molar refractivity (Wildman–Crippen MR) is 110 cm³/mol. The van der Waals surface area contributed by atoms with Crippen LogP contribution in [0.2, 0.25) is 0 Å². The molecule has 0 radical (unpaired) electrons. The van der Waals surface area contributed by atoms with E-state index in [4.69, 9.17) is 4.74 Å². The Morgan fingerprint density at radius 3 is 2.47 bits per heavy atom. The van der Waals surface area contributed by atoms with Gasteiger partial charge >= 0.3 is 17.9 Å². The Morgan fingerprint density at radius 2 is 1.89 bits per heavy atom. The highest BCUT2D eigenvalue weighted by Crippen LogP contribution is 2.25. The Bertz CT molecular complexity index is 1330. The van der Waals surface area contributed by atoms with Crippen molar-refractivity contribution in [1.82, 2.24) is 29.3 Å². The van der Waals surface area contributed by atoms with E-state index in [1.807, 2.05) is 5.32 Å². The van der Waals surface area contributed by atoms with Crippen LogP contribution >= 0.6 is 0 Å². The zero-order chi connectivity index (χ0) is 26.6. The summed E-state index contributed by atoms with van der Waals surface area (Å²) in [6, 6.07) is 0.120. The molecule has 0 aliphatic heterocycles. The van der Waals surface area contributed by atoms with Crippen molar-refractivity contribution in [2.75, 3.05) is 18.5 Å². The standard InChI is InChI=1S/C19H18F5N7O5/c1-3-30-12(7-32)29-31(18(30)34)14-10(20)5-9(16(28-14)36-8-19(22,23)24)15(33)26-13-11(21)6-25-17(27-13)35-4-2/h5-6,32H,3-4,7-8H2,1-2H3,(H,25,26,27,33). The van der Waals surface area contributed by atoms with Gasteiger partial charge in [-0.2, -0.15) is 27.8 Å². The molecule has 0 saturated carbocycles. The molecular weight excluding hydrogens is 501 g/mol. The fraction of sp³-hybridized carbons (Fsp3) is 0.368. The van der Waals surface area contributed by atoms with E-state index in [2.05, 4.69) is 24.8 Å². The lowest BCUT2D eigenvalue weighted by Gasteiger charge is -2.14. The number of nitrogens with one attached hydrogen (secondary N) is 1. The number of carbonyl (C=O) groups is 1. The molecule has 36 heavy (non-hydrogen) atoms. The first-order chi connectivity index (χ1) is 17.0. The van der Waals surface area contributed by atoms with Crippen molar-refractivity contribution >= 4 is 11.7 Å². The first-order valence-corrected chi connectivity index (χ1v) is 10.2. The molecule has 0 bridgehead atoms. The maximum atomic E-state index is 15.0. The van der Waals surface area contributed by atoms with Crippen LogP contribution in [0.25, 0.3) is 5.82 Å². The number of aromatic nitrogens is 6. The van der Waals surface area contributed by atoms with Crippen LogP contribution < -0.4 is 20.5 Å². The van der Waals surface area contributed by atoms with Gasteiger partial charge in [0, 0.05) is 6.54 Å². The molecule has 194 valence electrons. The first-order valence-electron chi connectivity index (χ1n) is 10.2. The van der Waals surface area contributed by atoms with Gasteiger partial charge in [0.15, 0.2) is 35.7 Å². The van der Waals surface area contributed by atoms with Crippen LogP contribution in [0.1, 0.15) is 30.0 Å². The summed E-state index contributed by atoms with van der Waals surface area (Å²) in [5.41, 5.74) is -1.83. The van der Waals surface area contributed by atoms with Crippen molar-refractivity contribution in [3.05, 3.63) is 45.8 Å². The number of pyridine rings is 1. The third-order valence-electron chi connectivity index (χ3n) is 4.36. The predicted octanol–water partition coefficient (Wildman–Crippen LogP) is 1.60. The highest BCUT2D eigenvalue weighted by molar-refractivity contribution is 6.05. The second-order valence-corrected chi connectivity index (χ2v) is 6.80. The maximum Gasteiger partial charge on any atom is 0.422 e.